The zero-order valence-electron chi connectivity index (χ0n) is 15.9. The molecular formula is C19H26N4O3S. The SMILES string of the molecule is Cc1noc(C)c1-c1nc2c(s1)CCC(C(=O)NCCN1CCOCC1)C2. The second-order valence-corrected chi connectivity index (χ2v) is 8.36. The Bertz CT molecular complexity index is 790. The lowest BCUT2D eigenvalue weighted by atomic mass is 9.90. The smallest absolute Gasteiger partial charge is 0.223 e. The van der Waals surface area contributed by atoms with E-state index in [0.717, 1.165) is 79.8 Å². The summed E-state index contributed by atoms with van der Waals surface area (Å²) in [6.45, 7) is 8.92. The van der Waals surface area contributed by atoms with E-state index in [2.05, 4.69) is 15.4 Å². The Morgan fingerprint density at radius 2 is 2.15 bits per heavy atom. The van der Waals surface area contributed by atoms with Crippen molar-refractivity contribution in [2.75, 3.05) is 39.4 Å². The first-order valence-electron chi connectivity index (χ1n) is 9.61. The summed E-state index contributed by atoms with van der Waals surface area (Å²) in [6, 6.07) is 0. The quantitative estimate of drug-likeness (QED) is 0.841. The average molecular weight is 391 g/mol. The van der Waals surface area contributed by atoms with Gasteiger partial charge in [0.1, 0.15) is 10.8 Å². The molecule has 0 bridgehead atoms. The van der Waals surface area contributed by atoms with Crippen LogP contribution in [0.2, 0.25) is 0 Å². The third-order valence-electron chi connectivity index (χ3n) is 5.39. The molecule has 8 heteroatoms. The highest BCUT2D eigenvalue weighted by molar-refractivity contribution is 7.15. The molecule has 1 unspecified atom stereocenters. The predicted molar refractivity (Wildman–Crippen MR) is 103 cm³/mol. The second-order valence-electron chi connectivity index (χ2n) is 7.27. The Balaban J connectivity index is 1.34. The van der Waals surface area contributed by atoms with E-state index in [1.807, 2.05) is 13.8 Å². The molecule has 1 saturated heterocycles. The van der Waals surface area contributed by atoms with Crippen LogP contribution in [0.4, 0.5) is 0 Å². The number of morpholine rings is 1. The first-order chi connectivity index (χ1) is 13.1. The van der Waals surface area contributed by atoms with Crippen LogP contribution in [0.3, 0.4) is 0 Å². The van der Waals surface area contributed by atoms with Crippen LogP contribution < -0.4 is 5.32 Å². The standard InChI is InChI=1S/C19H26N4O3S/c1-12-17(13(2)26-22-12)19-21-15-11-14(3-4-16(15)27-19)18(24)20-5-6-23-7-9-25-10-8-23/h14H,3-11H2,1-2H3,(H,20,24). The fourth-order valence-corrected chi connectivity index (χ4v) is 5.05. The van der Waals surface area contributed by atoms with Crippen LogP contribution in [-0.4, -0.2) is 60.3 Å². The van der Waals surface area contributed by atoms with Crippen LogP contribution >= 0.6 is 11.3 Å². The van der Waals surface area contributed by atoms with Gasteiger partial charge in [-0.05, 0) is 26.7 Å². The molecule has 0 saturated carbocycles. The van der Waals surface area contributed by atoms with Gasteiger partial charge in [0.15, 0.2) is 0 Å². The molecule has 1 fully saturated rings. The number of hydrogen-bond donors (Lipinski definition) is 1. The maximum atomic E-state index is 12.6. The van der Waals surface area contributed by atoms with Crippen molar-refractivity contribution in [1.29, 1.82) is 0 Å². The lowest BCUT2D eigenvalue weighted by molar-refractivity contribution is -0.125. The number of aryl methyl sites for hydroxylation is 3. The number of hydrogen-bond acceptors (Lipinski definition) is 7. The fourth-order valence-electron chi connectivity index (χ4n) is 3.80. The molecule has 3 heterocycles. The minimum atomic E-state index is 0.0156. The predicted octanol–water partition coefficient (Wildman–Crippen LogP) is 1.97. The molecule has 1 amide bonds. The molecule has 2 aromatic heterocycles. The molecule has 1 atom stereocenters. The first kappa shape index (κ1) is 18.6. The van der Waals surface area contributed by atoms with Gasteiger partial charge in [0.05, 0.1) is 30.2 Å². The molecular weight excluding hydrogens is 364 g/mol. The Labute approximate surface area is 163 Å². The van der Waals surface area contributed by atoms with E-state index in [4.69, 9.17) is 14.2 Å². The van der Waals surface area contributed by atoms with Gasteiger partial charge in [0, 0.05) is 43.4 Å². The van der Waals surface area contributed by atoms with E-state index < -0.39 is 0 Å². The van der Waals surface area contributed by atoms with Gasteiger partial charge in [-0.1, -0.05) is 5.16 Å². The van der Waals surface area contributed by atoms with Gasteiger partial charge in [-0.25, -0.2) is 4.98 Å². The Morgan fingerprint density at radius 3 is 2.89 bits per heavy atom. The van der Waals surface area contributed by atoms with Crippen LogP contribution in [0.25, 0.3) is 10.6 Å². The molecule has 146 valence electrons. The van der Waals surface area contributed by atoms with Gasteiger partial charge in [-0.15, -0.1) is 11.3 Å². The number of carbonyl (C=O) groups excluding carboxylic acids is 1. The molecule has 1 N–H and O–H groups in total. The molecule has 1 aliphatic carbocycles. The summed E-state index contributed by atoms with van der Waals surface area (Å²) in [5.41, 5.74) is 2.94. The minimum Gasteiger partial charge on any atom is -0.379 e. The van der Waals surface area contributed by atoms with Crippen molar-refractivity contribution in [2.45, 2.75) is 33.1 Å². The topological polar surface area (TPSA) is 80.5 Å². The normalized spacial score (nSPS) is 20.4. The highest BCUT2D eigenvalue weighted by Gasteiger charge is 2.28. The van der Waals surface area contributed by atoms with E-state index in [1.54, 1.807) is 11.3 Å². The number of amides is 1. The lowest BCUT2D eigenvalue weighted by Gasteiger charge is -2.27. The van der Waals surface area contributed by atoms with E-state index in [-0.39, 0.29) is 11.8 Å². The Morgan fingerprint density at radius 1 is 1.33 bits per heavy atom. The first-order valence-corrected chi connectivity index (χ1v) is 10.4. The molecule has 2 aromatic rings. The van der Waals surface area contributed by atoms with Crippen LogP contribution in [0.5, 0.6) is 0 Å². The summed E-state index contributed by atoms with van der Waals surface area (Å²) < 4.78 is 10.6. The zero-order chi connectivity index (χ0) is 18.8. The largest absolute Gasteiger partial charge is 0.379 e. The minimum absolute atomic E-state index is 0.0156. The molecule has 0 spiro atoms. The van der Waals surface area contributed by atoms with Crippen LogP contribution in [0, 0.1) is 19.8 Å². The third kappa shape index (κ3) is 4.07. The summed E-state index contributed by atoms with van der Waals surface area (Å²) in [4.78, 5) is 21.0. The molecule has 7 nitrogen and oxygen atoms in total. The molecule has 0 radical (unpaired) electrons. The average Bonchev–Trinajstić information content (AvgIpc) is 3.24. The Hall–Kier alpha value is -1.77. The van der Waals surface area contributed by atoms with Crippen LogP contribution in [0.15, 0.2) is 4.52 Å². The Kier molecular flexibility index (Phi) is 5.56. The molecule has 4 rings (SSSR count). The lowest BCUT2D eigenvalue weighted by Crippen LogP contribution is -2.43. The molecule has 2 aliphatic rings. The van der Waals surface area contributed by atoms with Gasteiger partial charge in [-0.2, -0.15) is 0 Å². The molecule has 27 heavy (non-hydrogen) atoms. The van der Waals surface area contributed by atoms with Crippen molar-refractivity contribution in [1.82, 2.24) is 20.4 Å². The number of aromatic nitrogens is 2. The van der Waals surface area contributed by atoms with E-state index in [1.165, 1.54) is 4.88 Å². The number of nitrogens with one attached hydrogen (secondary N) is 1. The van der Waals surface area contributed by atoms with Gasteiger partial charge < -0.3 is 14.6 Å². The van der Waals surface area contributed by atoms with Gasteiger partial charge in [-0.3, -0.25) is 9.69 Å². The number of carbonyl (C=O) groups is 1. The number of ether oxygens (including phenoxy) is 1. The summed E-state index contributed by atoms with van der Waals surface area (Å²) >= 11 is 1.71. The maximum absolute atomic E-state index is 12.6. The van der Waals surface area contributed by atoms with Crippen molar-refractivity contribution >= 4 is 17.2 Å². The monoisotopic (exact) mass is 390 g/mol. The van der Waals surface area contributed by atoms with Crippen molar-refractivity contribution in [2.24, 2.45) is 5.92 Å². The van der Waals surface area contributed by atoms with E-state index in [9.17, 15) is 4.79 Å². The van der Waals surface area contributed by atoms with Crippen molar-refractivity contribution in [3.8, 4) is 10.6 Å². The highest BCUT2D eigenvalue weighted by Crippen LogP contribution is 2.36. The summed E-state index contributed by atoms with van der Waals surface area (Å²) in [7, 11) is 0. The molecule has 0 aromatic carbocycles. The number of fused-ring (bicyclic) bond motifs is 1. The van der Waals surface area contributed by atoms with E-state index in [0.29, 0.717) is 6.54 Å². The summed E-state index contributed by atoms with van der Waals surface area (Å²) in [6.07, 6.45) is 2.52. The van der Waals surface area contributed by atoms with Gasteiger partial charge >= 0.3 is 0 Å². The molecule has 1 aliphatic heterocycles. The second kappa shape index (κ2) is 8.08. The fraction of sp³-hybridized carbons (Fsp3) is 0.632. The number of nitrogens with zero attached hydrogens (tertiary/aromatic N) is 3. The van der Waals surface area contributed by atoms with Gasteiger partial charge in [0.25, 0.3) is 0 Å². The van der Waals surface area contributed by atoms with Crippen LogP contribution in [0.1, 0.15) is 28.4 Å². The zero-order valence-corrected chi connectivity index (χ0v) is 16.7. The van der Waals surface area contributed by atoms with Crippen molar-refractivity contribution < 1.29 is 14.1 Å². The summed E-state index contributed by atoms with van der Waals surface area (Å²) in [5, 5.41) is 8.10. The van der Waals surface area contributed by atoms with Gasteiger partial charge in [0.2, 0.25) is 5.91 Å². The van der Waals surface area contributed by atoms with E-state index >= 15 is 0 Å². The van der Waals surface area contributed by atoms with Crippen LogP contribution in [-0.2, 0) is 22.4 Å². The number of rotatable bonds is 5. The van der Waals surface area contributed by atoms with Crippen molar-refractivity contribution in [3.63, 3.8) is 0 Å². The van der Waals surface area contributed by atoms with Crippen molar-refractivity contribution in [3.05, 3.63) is 22.0 Å². The number of thiazole rings is 1. The maximum Gasteiger partial charge on any atom is 0.223 e. The summed E-state index contributed by atoms with van der Waals surface area (Å²) in [5.74, 6) is 0.971. The highest BCUT2D eigenvalue weighted by atomic mass is 32.1. The third-order valence-corrected chi connectivity index (χ3v) is 6.56.